The molecule has 1 aromatic rings. The Morgan fingerprint density at radius 3 is 2.69 bits per heavy atom. The average molecular weight is 222 g/mol. The first-order valence-corrected chi connectivity index (χ1v) is 6.16. The van der Waals surface area contributed by atoms with E-state index in [2.05, 4.69) is 0 Å². The second-order valence-corrected chi connectivity index (χ2v) is 4.82. The molecule has 1 unspecified atom stereocenters. The molecule has 88 valence electrons. The standard InChI is InChI=1S/C14H19FO/c15-14-7-3-6-12(9-14)13(10-16)8-11-4-1-2-5-11/h3,6-7,9,11,13,16H,1-2,4-5,8,10H2. The van der Waals surface area contributed by atoms with Gasteiger partial charge in [-0.1, -0.05) is 37.8 Å². The molecular weight excluding hydrogens is 203 g/mol. The number of hydrogen-bond acceptors (Lipinski definition) is 1. The average Bonchev–Trinajstić information content (AvgIpc) is 2.78. The van der Waals surface area contributed by atoms with E-state index in [1.807, 2.05) is 6.07 Å². The molecule has 0 radical (unpaired) electrons. The van der Waals surface area contributed by atoms with Gasteiger partial charge in [-0.3, -0.25) is 0 Å². The number of aliphatic hydroxyl groups is 1. The monoisotopic (exact) mass is 222 g/mol. The Balaban J connectivity index is 2.03. The first-order valence-electron chi connectivity index (χ1n) is 6.16. The van der Waals surface area contributed by atoms with E-state index in [0.717, 1.165) is 17.9 Å². The number of benzene rings is 1. The molecule has 2 rings (SSSR count). The van der Waals surface area contributed by atoms with Crippen molar-refractivity contribution in [3.8, 4) is 0 Å². The van der Waals surface area contributed by atoms with E-state index < -0.39 is 0 Å². The Labute approximate surface area is 96.3 Å². The van der Waals surface area contributed by atoms with Crippen molar-refractivity contribution in [2.45, 2.75) is 38.0 Å². The van der Waals surface area contributed by atoms with Crippen LogP contribution in [0, 0.1) is 11.7 Å². The highest BCUT2D eigenvalue weighted by molar-refractivity contribution is 5.20. The van der Waals surface area contributed by atoms with Gasteiger partial charge in [-0.05, 0) is 30.0 Å². The SMILES string of the molecule is OCC(CC1CCCC1)c1cccc(F)c1. The molecule has 1 atom stereocenters. The lowest BCUT2D eigenvalue weighted by atomic mass is 9.88. The Kier molecular flexibility index (Phi) is 3.94. The molecule has 0 amide bonds. The lowest BCUT2D eigenvalue weighted by molar-refractivity contribution is 0.243. The Hall–Kier alpha value is -0.890. The first-order chi connectivity index (χ1) is 7.79. The second kappa shape index (κ2) is 5.44. The summed E-state index contributed by atoms with van der Waals surface area (Å²) in [5.74, 6) is 0.626. The van der Waals surface area contributed by atoms with Crippen molar-refractivity contribution in [3.63, 3.8) is 0 Å². The van der Waals surface area contributed by atoms with Crippen LogP contribution in [0.5, 0.6) is 0 Å². The maximum absolute atomic E-state index is 13.1. The highest BCUT2D eigenvalue weighted by atomic mass is 19.1. The minimum Gasteiger partial charge on any atom is -0.396 e. The fourth-order valence-electron chi connectivity index (χ4n) is 2.72. The van der Waals surface area contributed by atoms with Crippen LogP contribution in [0.1, 0.15) is 43.6 Å². The molecule has 1 aliphatic carbocycles. The van der Waals surface area contributed by atoms with Crippen molar-refractivity contribution in [2.24, 2.45) is 5.92 Å². The highest BCUT2D eigenvalue weighted by Gasteiger charge is 2.21. The quantitative estimate of drug-likeness (QED) is 0.827. The molecule has 0 spiro atoms. The van der Waals surface area contributed by atoms with Crippen LogP contribution in [0.2, 0.25) is 0 Å². The van der Waals surface area contributed by atoms with Gasteiger partial charge >= 0.3 is 0 Å². The van der Waals surface area contributed by atoms with Gasteiger partial charge in [0.05, 0.1) is 0 Å². The van der Waals surface area contributed by atoms with Gasteiger partial charge in [-0.2, -0.15) is 0 Å². The van der Waals surface area contributed by atoms with Crippen LogP contribution in [0.25, 0.3) is 0 Å². The van der Waals surface area contributed by atoms with Crippen molar-refractivity contribution >= 4 is 0 Å². The van der Waals surface area contributed by atoms with E-state index in [1.165, 1.54) is 31.7 Å². The van der Waals surface area contributed by atoms with Gasteiger partial charge in [-0.15, -0.1) is 0 Å². The van der Waals surface area contributed by atoms with E-state index in [9.17, 15) is 9.50 Å². The molecule has 1 N–H and O–H groups in total. The molecule has 0 aliphatic heterocycles. The van der Waals surface area contributed by atoms with Gasteiger partial charge < -0.3 is 5.11 Å². The van der Waals surface area contributed by atoms with Crippen molar-refractivity contribution in [1.82, 2.24) is 0 Å². The lowest BCUT2D eigenvalue weighted by Crippen LogP contribution is -2.09. The normalized spacial score (nSPS) is 18.9. The third-order valence-electron chi connectivity index (χ3n) is 3.63. The fraction of sp³-hybridized carbons (Fsp3) is 0.571. The first kappa shape index (κ1) is 11.6. The van der Waals surface area contributed by atoms with Crippen molar-refractivity contribution < 1.29 is 9.50 Å². The number of rotatable bonds is 4. The maximum atomic E-state index is 13.1. The van der Waals surface area contributed by atoms with E-state index in [-0.39, 0.29) is 18.3 Å². The second-order valence-electron chi connectivity index (χ2n) is 4.82. The largest absolute Gasteiger partial charge is 0.396 e. The molecule has 0 heterocycles. The molecule has 16 heavy (non-hydrogen) atoms. The molecule has 1 saturated carbocycles. The summed E-state index contributed by atoms with van der Waals surface area (Å²) < 4.78 is 13.1. The van der Waals surface area contributed by atoms with Crippen LogP contribution >= 0.6 is 0 Å². The zero-order chi connectivity index (χ0) is 11.4. The van der Waals surface area contributed by atoms with Crippen molar-refractivity contribution in [2.75, 3.05) is 6.61 Å². The molecule has 1 aliphatic rings. The van der Waals surface area contributed by atoms with Crippen molar-refractivity contribution in [1.29, 1.82) is 0 Å². The summed E-state index contributed by atoms with van der Waals surface area (Å²) in [4.78, 5) is 0. The molecule has 1 fully saturated rings. The Morgan fingerprint density at radius 1 is 1.31 bits per heavy atom. The summed E-state index contributed by atoms with van der Waals surface area (Å²) in [5, 5.41) is 9.41. The third kappa shape index (κ3) is 2.82. The fourth-order valence-corrected chi connectivity index (χ4v) is 2.72. The molecule has 0 saturated heterocycles. The Bertz CT molecular complexity index is 331. The number of hydrogen-bond donors (Lipinski definition) is 1. The van der Waals surface area contributed by atoms with Gasteiger partial charge in [0, 0.05) is 12.5 Å². The highest BCUT2D eigenvalue weighted by Crippen LogP contribution is 2.33. The predicted octanol–water partition coefficient (Wildman–Crippen LogP) is 3.48. The summed E-state index contributed by atoms with van der Waals surface area (Å²) >= 11 is 0. The molecule has 0 aromatic heterocycles. The maximum Gasteiger partial charge on any atom is 0.123 e. The smallest absolute Gasteiger partial charge is 0.123 e. The summed E-state index contributed by atoms with van der Waals surface area (Å²) in [5.41, 5.74) is 0.939. The van der Waals surface area contributed by atoms with Crippen LogP contribution < -0.4 is 0 Å². The molecule has 2 heteroatoms. The number of halogens is 1. The van der Waals surface area contributed by atoms with Crippen LogP contribution in [0.15, 0.2) is 24.3 Å². The van der Waals surface area contributed by atoms with E-state index in [0.29, 0.717) is 0 Å². The summed E-state index contributed by atoms with van der Waals surface area (Å²) in [7, 11) is 0. The summed E-state index contributed by atoms with van der Waals surface area (Å²) in [6, 6.07) is 6.64. The zero-order valence-electron chi connectivity index (χ0n) is 9.53. The molecule has 0 bridgehead atoms. The van der Waals surface area contributed by atoms with Crippen LogP contribution in [0.4, 0.5) is 4.39 Å². The van der Waals surface area contributed by atoms with Gasteiger partial charge in [0.2, 0.25) is 0 Å². The van der Waals surface area contributed by atoms with E-state index >= 15 is 0 Å². The molecule has 1 nitrogen and oxygen atoms in total. The van der Waals surface area contributed by atoms with Crippen LogP contribution in [0.3, 0.4) is 0 Å². The topological polar surface area (TPSA) is 20.2 Å². The predicted molar refractivity (Wildman–Crippen MR) is 62.8 cm³/mol. The molecular formula is C14H19FO. The van der Waals surface area contributed by atoms with Crippen LogP contribution in [-0.4, -0.2) is 11.7 Å². The minimum absolute atomic E-state index is 0.110. The lowest BCUT2D eigenvalue weighted by Gasteiger charge is -2.18. The van der Waals surface area contributed by atoms with Crippen LogP contribution in [-0.2, 0) is 0 Å². The number of aliphatic hydroxyl groups excluding tert-OH is 1. The third-order valence-corrected chi connectivity index (χ3v) is 3.63. The zero-order valence-corrected chi connectivity index (χ0v) is 9.53. The van der Waals surface area contributed by atoms with E-state index in [1.54, 1.807) is 12.1 Å². The minimum atomic E-state index is -0.206. The summed E-state index contributed by atoms with van der Waals surface area (Å²) in [6.07, 6.45) is 6.16. The van der Waals surface area contributed by atoms with Crippen molar-refractivity contribution in [3.05, 3.63) is 35.6 Å². The molecule has 1 aromatic carbocycles. The van der Waals surface area contributed by atoms with E-state index in [4.69, 9.17) is 0 Å². The van der Waals surface area contributed by atoms with Gasteiger partial charge in [0.25, 0.3) is 0 Å². The Morgan fingerprint density at radius 2 is 2.06 bits per heavy atom. The summed E-state index contributed by atoms with van der Waals surface area (Å²) in [6.45, 7) is 0.125. The van der Waals surface area contributed by atoms with Gasteiger partial charge in [0.1, 0.15) is 5.82 Å². The van der Waals surface area contributed by atoms with Gasteiger partial charge in [-0.25, -0.2) is 4.39 Å². The van der Waals surface area contributed by atoms with Gasteiger partial charge in [0.15, 0.2) is 0 Å².